The zero-order valence-electron chi connectivity index (χ0n) is 9.22. The maximum absolute atomic E-state index is 12.6. The van der Waals surface area contributed by atoms with Gasteiger partial charge in [-0.1, -0.05) is 12.1 Å². The zero-order chi connectivity index (χ0) is 13.9. The highest BCUT2D eigenvalue weighted by Gasteiger charge is 2.34. The standard InChI is InChI=1S/C11H9F5O2/c1-6(17)5-7-3-2-4-8(10(12)13)9(7)18-11(14,15)16/h2-4,10H,5H2,1H3. The van der Waals surface area contributed by atoms with Crippen molar-refractivity contribution in [1.82, 2.24) is 0 Å². The van der Waals surface area contributed by atoms with Gasteiger partial charge in [0, 0.05) is 12.0 Å². The minimum atomic E-state index is -5.09. The van der Waals surface area contributed by atoms with Crippen molar-refractivity contribution in [3.05, 3.63) is 29.3 Å². The van der Waals surface area contributed by atoms with E-state index >= 15 is 0 Å². The van der Waals surface area contributed by atoms with Gasteiger partial charge >= 0.3 is 6.36 Å². The van der Waals surface area contributed by atoms with Gasteiger partial charge in [0.25, 0.3) is 6.43 Å². The third kappa shape index (κ3) is 3.97. The van der Waals surface area contributed by atoms with Crippen molar-refractivity contribution in [1.29, 1.82) is 0 Å². The molecule has 0 amide bonds. The van der Waals surface area contributed by atoms with Crippen molar-refractivity contribution in [3.8, 4) is 5.75 Å². The van der Waals surface area contributed by atoms with Crippen LogP contribution >= 0.6 is 0 Å². The van der Waals surface area contributed by atoms with E-state index in [1.807, 2.05) is 0 Å². The predicted molar refractivity (Wildman–Crippen MR) is 52.5 cm³/mol. The van der Waals surface area contributed by atoms with Crippen LogP contribution in [0.4, 0.5) is 22.0 Å². The number of halogens is 5. The molecule has 0 unspecified atom stereocenters. The van der Waals surface area contributed by atoms with E-state index in [2.05, 4.69) is 4.74 Å². The van der Waals surface area contributed by atoms with E-state index in [1.165, 1.54) is 0 Å². The summed E-state index contributed by atoms with van der Waals surface area (Å²) in [5, 5.41) is 0. The zero-order valence-corrected chi connectivity index (χ0v) is 9.22. The Labute approximate surface area is 99.4 Å². The van der Waals surface area contributed by atoms with Crippen LogP contribution in [0.2, 0.25) is 0 Å². The number of hydrogen-bond acceptors (Lipinski definition) is 2. The molecule has 1 aromatic rings. The second-order valence-corrected chi connectivity index (χ2v) is 3.56. The van der Waals surface area contributed by atoms with E-state index in [-0.39, 0.29) is 5.56 Å². The highest BCUT2D eigenvalue weighted by Crippen LogP contribution is 2.36. The molecule has 0 saturated heterocycles. The van der Waals surface area contributed by atoms with Gasteiger partial charge in [-0.25, -0.2) is 8.78 Å². The molecule has 0 spiro atoms. The Morgan fingerprint density at radius 1 is 1.33 bits per heavy atom. The first-order chi connectivity index (χ1) is 8.20. The van der Waals surface area contributed by atoms with Crippen molar-refractivity contribution < 1.29 is 31.5 Å². The smallest absolute Gasteiger partial charge is 0.405 e. The number of benzene rings is 1. The largest absolute Gasteiger partial charge is 0.573 e. The molecule has 0 radical (unpaired) electrons. The molecule has 0 saturated carbocycles. The van der Waals surface area contributed by atoms with E-state index in [9.17, 15) is 26.7 Å². The molecular weight excluding hydrogens is 259 g/mol. The van der Waals surface area contributed by atoms with Gasteiger partial charge in [-0.3, -0.25) is 4.79 Å². The number of ketones is 1. The lowest BCUT2D eigenvalue weighted by molar-refractivity contribution is -0.275. The summed E-state index contributed by atoms with van der Waals surface area (Å²) >= 11 is 0. The van der Waals surface area contributed by atoms with Gasteiger partial charge < -0.3 is 4.74 Å². The van der Waals surface area contributed by atoms with Gasteiger partial charge in [0.1, 0.15) is 11.5 Å². The lowest BCUT2D eigenvalue weighted by atomic mass is 10.0. The molecular formula is C11H9F5O2. The number of carbonyl (C=O) groups excluding carboxylic acids is 1. The van der Waals surface area contributed by atoms with Crippen LogP contribution in [0.3, 0.4) is 0 Å². The molecule has 18 heavy (non-hydrogen) atoms. The van der Waals surface area contributed by atoms with Crippen molar-refractivity contribution in [2.45, 2.75) is 26.1 Å². The molecule has 0 fully saturated rings. The second-order valence-electron chi connectivity index (χ2n) is 3.56. The summed E-state index contributed by atoms with van der Waals surface area (Å²) in [6.45, 7) is 1.15. The highest BCUT2D eigenvalue weighted by atomic mass is 19.4. The Morgan fingerprint density at radius 3 is 2.39 bits per heavy atom. The maximum Gasteiger partial charge on any atom is 0.573 e. The molecule has 1 aromatic carbocycles. The van der Waals surface area contributed by atoms with Crippen LogP contribution in [-0.4, -0.2) is 12.1 Å². The van der Waals surface area contributed by atoms with E-state index in [1.54, 1.807) is 0 Å². The van der Waals surface area contributed by atoms with Crippen molar-refractivity contribution >= 4 is 5.78 Å². The molecule has 0 bridgehead atoms. The van der Waals surface area contributed by atoms with Crippen molar-refractivity contribution in [2.75, 3.05) is 0 Å². The fourth-order valence-electron chi connectivity index (χ4n) is 1.42. The van der Waals surface area contributed by atoms with Gasteiger partial charge in [-0.2, -0.15) is 0 Å². The Hall–Kier alpha value is -1.66. The summed E-state index contributed by atoms with van der Waals surface area (Å²) in [5.41, 5.74) is -1.09. The van der Waals surface area contributed by atoms with Crippen LogP contribution in [0.5, 0.6) is 5.75 Å². The van der Waals surface area contributed by atoms with Gasteiger partial charge in [0.05, 0.1) is 5.56 Å². The number of carbonyl (C=O) groups is 1. The van der Waals surface area contributed by atoms with Gasteiger partial charge in [0.2, 0.25) is 0 Å². The van der Waals surface area contributed by atoms with E-state index in [0.29, 0.717) is 0 Å². The molecule has 100 valence electrons. The summed E-state index contributed by atoms with van der Waals surface area (Å²) in [5.74, 6) is -1.44. The summed E-state index contributed by atoms with van der Waals surface area (Å²) in [6, 6.07) is 3.13. The SMILES string of the molecule is CC(=O)Cc1cccc(C(F)F)c1OC(F)(F)F. The fraction of sp³-hybridized carbons (Fsp3) is 0.364. The quantitative estimate of drug-likeness (QED) is 0.779. The maximum atomic E-state index is 12.6. The predicted octanol–water partition coefficient (Wildman–Crippen LogP) is 3.65. The summed E-state index contributed by atoms with van der Waals surface area (Å²) in [4.78, 5) is 10.9. The van der Waals surface area contributed by atoms with Crippen LogP contribution in [0.25, 0.3) is 0 Å². The number of Topliss-reactive ketones (excluding diaryl/α,β-unsaturated/α-hetero) is 1. The van der Waals surface area contributed by atoms with E-state index < -0.39 is 36.3 Å². The lowest BCUT2D eigenvalue weighted by Gasteiger charge is -2.16. The summed E-state index contributed by atoms with van der Waals surface area (Å²) in [7, 11) is 0. The Morgan fingerprint density at radius 2 is 1.94 bits per heavy atom. The van der Waals surface area contributed by atoms with Crippen molar-refractivity contribution in [2.24, 2.45) is 0 Å². The number of alkyl halides is 5. The number of hydrogen-bond donors (Lipinski definition) is 0. The average molecular weight is 268 g/mol. The number of ether oxygens (including phenoxy) is 1. The molecule has 0 aliphatic carbocycles. The second kappa shape index (κ2) is 5.32. The van der Waals surface area contributed by atoms with Gasteiger partial charge in [-0.05, 0) is 13.0 Å². The first-order valence-corrected chi connectivity index (χ1v) is 4.86. The average Bonchev–Trinajstić information content (AvgIpc) is 2.17. The first kappa shape index (κ1) is 14.4. The number of para-hydroxylation sites is 1. The van der Waals surface area contributed by atoms with Crippen LogP contribution in [-0.2, 0) is 11.2 Å². The minimum absolute atomic E-state index is 0.211. The summed E-state index contributed by atoms with van der Waals surface area (Å²) in [6.07, 6.45) is -8.60. The van der Waals surface area contributed by atoms with E-state index in [4.69, 9.17) is 0 Å². The molecule has 0 aliphatic heterocycles. The molecule has 7 heteroatoms. The molecule has 0 aromatic heterocycles. The Kier molecular flexibility index (Phi) is 4.26. The molecule has 0 aliphatic rings. The Balaban J connectivity index is 3.25. The van der Waals surface area contributed by atoms with Crippen LogP contribution < -0.4 is 4.74 Å². The molecule has 2 nitrogen and oxygen atoms in total. The van der Waals surface area contributed by atoms with E-state index in [0.717, 1.165) is 25.1 Å². The number of rotatable bonds is 4. The van der Waals surface area contributed by atoms with Crippen molar-refractivity contribution in [3.63, 3.8) is 0 Å². The highest BCUT2D eigenvalue weighted by molar-refractivity contribution is 5.79. The topological polar surface area (TPSA) is 26.3 Å². The van der Waals surface area contributed by atoms with Gasteiger partial charge in [0.15, 0.2) is 0 Å². The minimum Gasteiger partial charge on any atom is -0.405 e. The Bertz CT molecular complexity index is 440. The molecule has 0 heterocycles. The van der Waals surface area contributed by atoms with Crippen LogP contribution in [0.1, 0.15) is 24.5 Å². The monoisotopic (exact) mass is 268 g/mol. The lowest BCUT2D eigenvalue weighted by Crippen LogP contribution is -2.20. The molecule has 1 rings (SSSR count). The third-order valence-corrected chi connectivity index (χ3v) is 2.02. The van der Waals surface area contributed by atoms with Crippen LogP contribution in [0.15, 0.2) is 18.2 Å². The van der Waals surface area contributed by atoms with Crippen LogP contribution in [0, 0.1) is 0 Å². The molecule has 0 atom stereocenters. The third-order valence-electron chi connectivity index (χ3n) is 2.02. The molecule has 0 N–H and O–H groups in total. The normalized spacial score (nSPS) is 11.7. The van der Waals surface area contributed by atoms with Gasteiger partial charge in [-0.15, -0.1) is 13.2 Å². The summed E-state index contributed by atoms with van der Waals surface area (Å²) < 4.78 is 65.2. The first-order valence-electron chi connectivity index (χ1n) is 4.86. The fourth-order valence-corrected chi connectivity index (χ4v) is 1.42.